The molecule has 17 heteroatoms. The number of amides is 2. The molecular formula is C34H42Cl6CuN6O4. The van der Waals surface area contributed by atoms with Gasteiger partial charge in [-0.25, -0.2) is 19.6 Å². The van der Waals surface area contributed by atoms with Gasteiger partial charge in [-0.3, -0.25) is 9.13 Å². The van der Waals surface area contributed by atoms with Crippen molar-refractivity contribution in [1.82, 2.24) is 28.9 Å². The van der Waals surface area contributed by atoms with Crippen molar-refractivity contribution in [3.8, 4) is 11.5 Å². The Hall–Kier alpha value is -2.34. The van der Waals surface area contributed by atoms with Gasteiger partial charge in [0, 0.05) is 47.9 Å². The monoisotopic (exact) mass is 871 g/mol. The van der Waals surface area contributed by atoms with Crippen molar-refractivity contribution in [2.75, 3.05) is 39.4 Å². The van der Waals surface area contributed by atoms with Gasteiger partial charge in [-0.05, 0) is 62.1 Å². The molecule has 0 fully saturated rings. The molecule has 0 aliphatic carbocycles. The van der Waals surface area contributed by atoms with E-state index in [0.717, 1.165) is 36.8 Å². The zero-order valence-corrected chi connectivity index (χ0v) is 34.2. The number of carbonyl (C=O) groups excluding carboxylic acids is 2. The molecule has 0 unspecified atom stereocenters. The molecule has 51 heavy (non-hydrogen) atoms. The maximum Gasteiger partial charge on any atom is 2.00 e. The number of imidazole rings is 2. The molecule has 2 amide bonds. The van der Waals surface area contributed by atoms with E-state index in [-0.39, 0.29) is 53.9 Å². The average Bonchev–Trinajstić information content (AvgIpc) is 3.78. The van der Waals surface area contributed by atoms with Crippen molar-refractivity contribution in [1.29, 1.82) is 0 Å². The molecule has 0 atom stereocenters. The fraction of sp³-hybridized carbons (Fsp3) is 0.412. The first-order valence-corrected chi connectivity index (χ1v) is 17.3. The largest absolute Gasteiger partial charge is 2.00 e. The van der Waals surface area contributed by atoms with Crippen LogP contribution in [0.2, 0.25) is 20.1 Å². The average molecular weight is 875 g/mol. The van der Waals surface area contributed by atoms with Gasteiger partial charge < -0.3 is 44.1 Å². The molecular weight excluding hydrogens is 833 g/mol. The van der Waals surface area contributed by atoms with Crippen molar-refractivity contribution in [3.05, 3.63) is 92.9 Å². The van der Waals surface area contributed by atoms with E-state index in [0.29, 0.717) is 71.0 Å². The molecule has 0 saturated carbocycles. The summed E-state index contributed by atoms with van der Waals surface area (Å²) in [4.78, 5) is 36.3. The Balaban J connectivity index is 0.000000926. The molecule has 0 N–H and O–H groups in total. The first kappa shape index (κ1) is 48.7. The predicted molar refractivity (Wildman–Crippen MR) is 192 cm³/mol. The van der Waals surface area contributed by atoms with Crippen LogP contribution in [0.15, 0.2) is 61.7 Å². The third kappa shape index (κ3) is 15.7. The van der Waals surface area contributed by atoms with Crippen molar-refractivity contribution in [3.63, 3.8) is 0 Å². The predicted octanol–water partition coefficient (Wildman–Crippen LogP) is 3.30. The molecule has 10 nitrogen and oxygen atoms in total. The molecule has 0 aliphatic rings. The van der Waals surface area contributed by atoms with Gasteiger partial charge >= 0.3 is 29.1 Å². The number of carbonyl (C=O) groups is 2. The maximum atomic E-state index is 12.5. The van der Waals surface area contributed by atoms with Crippen LogP contribution in [0.4, 0.5) is 9.59 Å². The standard InChI is InChI=1S/2C17H21Cl2N3O2.2ClH.Cu/c2*1-3-4-6-21(17(23)22-7-5-20-12-22)8-9-24-16-13(2)10-14(18)11-15(16)19;;;/h2*5,7,10-12H,3-4,6,8-9H2,1-2H3;2*1H;/q;;;;+2/p-2. The van der Waals surface area contributed by atoms with Gasteiger partial charge in [0.2, 0.25) is 0 Å². The minimum Gasteiger partial charge on any atom is -1.00 e. The Labute approximate surface area is 343 Å². The number of hydrogen-bond acceptors (Lipinski definition) is 6. The van der Waals surface area contributed by atoms with Crippen LogP contribution in [0, 0.1) is 13.8 Å². The fourth-order valence-electron chi connectivity index (χ4n) is 4.63. The van der Waals surface area contributed by atoms with Crippen molar-refractivity contribution in [2.45, 2.75) is 53.4 Å². The topological polar surface area (TPSA) is 94.7 Å². The van der Waals surface area contributed by atoms with Crippen molar-refractivity contribution >= 4 is 58.5 Å². The van der Waals surface area contributed by atoms with E-state index < -0.39 is 0 Å². The quantitative estimate of drug-likeness (QED) is 0.181. The minimum absolute atomic E-state index is 0. The van der Waals surface area contributed by atoms with Crippen molar-refractivity contribution in [2.24, 2.45) is 0 Å². The van der Waals surface area contributed by atoms with Gasteiger partial charge in [0.15, 0.2) is 0 Å². The SMILES string of the molecule is CCCCN(CCOc1c(C)cc(Cl)cc1Cl)C(=O)n1ccnc1.CCCCN(CCOc1c(C)cc(Cl)cc1Cl)C(=O)n1ccnc1.[Cl-].[Cl-].[Cu+2]. The summed E-state index contributed by atoms with van der Waals surface area (Å²) in [6, 6.07) is 6.68. The molecule has 0 spiro atoms. The van der Waals surface area contributed by atoms with Crippen molar-refractivity contribution < 1.29 is 60.9 Å². The Morgan fingerprint density at radius 2 is 1.04 bits per heavy atom. The van der Waals surface area contributed by atoms with E-state index in [2.05, 4.69) is 23.8 Å². The zero-order chi connectivity index (χ0) is 35.1. The first-order valence-electron chi connectivity index (χ1n) is 15.8. The molecule has 0 bridgehead atoms. The molecule has 0 aliphatic heterocycles. The summed E-state index contributed by atoms with van der Waals surface area (Å²) in [6.45, 7) is 10.9. The second kappa shape index (κ2) is 25.6. The molecule has 2 aromatic heterocycles. The Morgan fingerprint density at radius 1 is 0.667 bits per heavy atom. The molecule has 2 heterocycles. The molecule has 4 rings (SSSR count). The molecule has 4 aromatic rings. The van der Waals surface area contributed by atoms with Crippen LogP contribution < -0.4 is 34.3 Å². The van der Waals surface area contributed by atoms with Gasteiger partial charge in [0.25, 0.3) is 0 Å². The summed E-state index contributed by atoms with van der Waals surface area (Å²) in [7, 11) is 0. The fourth-order valence-corrected chi connectivity index (χ4v) is 5.93. The van der Waals surface area contributed by atoms with Gasteiger partial charge in [-0.2, -0.15) is 0 Å². The van der Waals surface area contributed by atoms with Crippen LogP contribution in [0.1, 0.15) is 50.7 Å². The molecule has 2 aromatic carbocycles. The number of unbranched alkanes of at least 4 members (excludes halogenated alkanes) is 2. The van der Waals surface area contributed by atoms with Gasteiger partial charge in [0.1, 0.15) is 37.4 Å². The van der Waals surface area contributed by atoms with Gasteiger partial charge in [-0.15, -0.1) is 0 Å². The van der Waals surface area contributed by atoms with Crippen LogP contribution in [-0.4, -0.2) is 80.4 Å². The number of hydrogen-bond donors (Lipinski definition) is 0. The summed E-state index contributed by atoms with van der Waals surface area (Å²) < 4.78 is 14.5. The summed E-state index contributed by atoms with van der Waals surface area (Å²) in [6.07, 6.45) is 13.3. The first-order chi connectivity index (χ1) is 23.0. The molecule has 285 valence electrons. The third-order valence-corrected chi connectivity index (χ3v) is 8.16. The molecule has 1 radical (unpaired) electrons. The summed E-state index contributed by atoms with van der Waals surface area (Å²) in [5, 5.41) is 2.09. The van der Waals surface area contributed by atoms with Crippen LogP contribution >= 0.6 is 46.4 Å². The number of benzene rings is 2. The number of nitrogens with zero attached hydrogens (tertiary/aromatic N) is 6. The summed E-state index contributed by atoms with van der Waals surface area (Å²) in [5.41, 5.74) is 1.74. The summed E-state index contributed by atoms with van der Waals surface area (Å²) in [5.74, 6) is 1.21. The smallest absolute Gasteiger partial charge is 1.00 e. The van der Waals surface area contributed by atoms with Gasteiger partial charge in [0.05, 0.1) is 23.1 Å². The summed E-state index contributed by atoms with van der Waals surface area (Å²) >= 11 is 24.3. The number of rotatable bonds is 14. The number of aryl methyl sites for hydroxylation is 2. The van der Waals surface area contributed by atoms with E-state index in [1.54, 1.807) is 58.9 Å². The maximum absolute atomic E-state index is 12.5. The Bertz CT molecular complexity index is 1430. The van der Waals surface area contributed by atoms with E-state index in [1.807, 2.05) is 13.8 Å². The second-order valence-electron chi connectivity index (χ2n) is 11.0. The second-order valence-corrected chi connectivity index (χ2v) is 12.6. The minimum atomic E-state index is -0.108. The molecule has 0 saturated heterocycles. The number of ether oxygens (including phenoxy) is 2. The van der Waals surface area contributed by atoms with E-state index >= 15 is 0 Å². The van der Waals surface area contributed by atoms with E-state index in [4.69, 9.17) is 55.9 Å². The van der Waals surface area contributed by atoms with E-state index in [1.165, 1.54) is 21.8 Å². The Kier molecular flexibility index (Phi) is 24.4. The Morgan fingerprint density at radius 3 is 1.33 bits per heavy atom. The number of aromatic nitrogens is 4. The zero-order valence-electron chi connectivity index (χ0n) is 28.7. The van der Waals surface area contributed by atoms with Crippen LogP contribution in [0.25, 0.3) is 0 Å². The normalized spacial score (nSPS) is 10.0. The third-order valence-electron chi connectivity index (χ3n) is 7.16. The van der Waals surface area contributed by atoms with Gasteiger partial charge in [-0.1, -0.05) is 73.1 Å². The van der Waals surface area contributed by atoms with Crippen LogP contribution in [-0.2, 0) is 17.1 Å². The van der Waals surface area contributed by atoms with Crippen LogP contribution in [0.5, 0.6) is 11.5 Å². The number of halogens is 6. The van der Waals surface area contributed by atoms with E-state index in [9.17, 15) is 9.59 Å². The van der Waals surface area contributed by atoms with Crippen LogP contribution in [0.3, 0.4) is 0 Å².